The van der Waals surface area contributed by atoms with Gasteiger partial charge in [0.1, 0.15) is 11.6 Å². The highest BCUT2D eigenvalue weighted by Gasteiger charge is 2.07. The van der Waals surface area contributed by atoms with E-state index < -0.39 is 0 Å². The predicted octanol–water partition coefficient (Wildman–Crippen LogP) is 5.11. The highest BCUT2D eigenvalue weighted by Crippen LogP contribution is 2.24. The van der Waals surface area contributed by atoms with Gasteiger partial charge in [-0.2, -0.15) is 4.98 Å². The zero-order valence-corrected chi connectivity index (χ0v) is 15.2. The Hall–Kier alpha value is -3.08. The molecule has 134 valence electrons. The summed E-state index contributed by atoms with van der Waals surface area (Å²) in [5, 5.41) is 6.67. The summed E-state index contributed by atoms with van der Waals surface area (Å²) in [5.74, 6) is 2.16. The molecule has 2 N–H and O–H groups in total. The van der Waals surface area contributed by atoms with Crippen LogP contribution in [0.2, 0.25) is 0 Å². The maximum absolute atomic E-state index is 5.28. The molecule has 0 bridgehead atoms. The fourth-order valence-corrected chi connectivity index (χ4v) is 2.57. The molecule has 0 atom stereocenters. The molecule has 0 aliphatic rings. The summed E-state index contributed by atoms with van der Waals surface area (Å²) in [7, 11) is 1.65. The van der Waals surface area contributed by atoms with Crippen molar-refractivity contribution in [1.29, 1.82) is 0 Å². The zero-order valence-electron chi connectivity index (χ0n) is 15.2. The van der Waals surface area contributed by atoms with Crippen LogP contribution in [0.15, 0.2) is 60.7 Å². The highest BCUT2D eigenvalue weighted by molar-refractivity contribution is 5.66. The number of anilines is 3. The highest BCUT2D eigenvalue weighted by atomic mass is 16.5. The average molecular weight is 348 g/mol. The Morgan fingerprint density at radius 2 is 1.81 bits per heavy atom. The Bertz CT molecular complexity index is 836. The van der Waals surface area contributed by atoms with Crippen molar-refractivity contribution in [3.05, 3.63) is 60.7 Å². The number of rotatable bonds is 8. The summed E-state index contributed by atoms with van der Waals surface area (Å²) in [4.78, 5) is 9.29. The Balaban J connectivity index is 1.90. The van der Waals surface area contributed by atoms with Crippen LogP contribution in [0.4, 0.5) is 17.5 Å². The van der Waals surface area contributed by atoms with Crippen LogP contribution in [0.25, 0.3) is 11.3 Å². The minimum Gasteiger partial charge on any atom is -0.497 e. The topological polar surface area (TPSA) is 59.1 Å². The van der Waals surface area contributed by atoms with Gasteiger partial charge in [-0.15, -0.1) is 0 Å². The van der Waals surface area contributed by atoms with E-state index in [1.54, 1.807) is 7.11 Å². The van der Waals surface area contributed by atoms with Gasteiger partial charge in [-0.05, 0) is 18.6 Å². The molecule has 1 heterocycles. The maximum Gasteiger partial charge on any atom is 0.229 e. The van der Waals surface area contributed by atoms with E-state index in [2.05, 4.69) is 27.5 Å². The first-order valence-electron chi connectivity index (χ1n) is 8.88. The van der Waals surface area contributed by atoms with Crippen LogP contribution in [0.5, 0.6) is 5.75 Å². The lowest BCUT2D eigenvalue weighted by atomic mass is 10.1. The quantitative estimate of drug-likeness (QED) is 0.554. The number of methoxy groups -OCH3 is 1. The van der Waals surface area contributed by atoms with Crippen molar-refractivity contribution in [3.63, 3.8) is 0 Å². The monoisotopic (exact) mass is 348 g/mol. The van der Waals surface area contributed by atoms with Gasteiger partial charge in [-0.25, -0.2) is 4.98 Å². The van der Waals surface area contributed by atoms with Crippen LogP contribution in [-0.4, -0.2) is 23.6 Å². The lowest BCUT2D eigenvalue weighted by Crippen LogP contribution is -2.06. The van der Waals surface area contributed by atoms with E-state index in [-0.39, 0.29) is 0 Å². The number of hydrogen-bond donors (Lipinski definition) is 2. The molecule has 0 radical (unpaired) electrons. The van der Waals surface area contributed by atoms with Crippen molar-refractivity contribution < 1.29 is 4.74 Å². The van der Waals surface area contributed by atoms with Crippen LogP contribution in [0, 0.1) is 0 Å². The number of aromatic nitrogens is 2. The first kappa shape index (κ1) is 17.7. The molecule has 0 saturated heterocycles. The van der Waals surface area contributed by atoms with Gasteiger partial charge < -0.3 is 15.4 Å². The SMILES string of the molecule is CCCCNc1cc(-c2ccccc2)nc(Nc2cccc(OC)c2)n1. The van der Waals surface area contributed by atoms with Gasteiger partial charge in [-0.3, -0.25) is 0 Å². The van der Waals surface area contributed by atoms with Gasteiger partial charge in [0.25, 0.3) is 0 Å². The van der Waals surface area contributed by atoms with E-state index in [1.807, 2.05) is 60.7 Å². The van der Waals surface area contributed by atoms with Crippen molar-refractivity contribution in [2.24, 2.45) is 0 Å². The summed E-state index contributed by atoms with van der Waals surface area (Å²) in [6.45, 7) is 3.06. The standard InChI is InChI=1S/C21H24N4O/c1-3-4-13-22-20-15-19(16-9-6-5-7-10-16)24-21(25-20)23-17-11-8-12-18(14-17)26-2/h5-12,14-15H,3-4,13H2,1-2H3,(H2,22,23,24,25). The molecule has 3 rings (SSSR count). The van der Waals surface area contributed by atoms with Crippen LogP contribution in [0.3, 0.4) is 0 Å². The molecule has 0 spiro atoms. The van der Waals surface area contributed by atoms with Crippen molar-refractivity contribution in [2.75, 3.05) is 24.3 Å². The Morgan fingerprint density at radius 1 is 0.962 bits per heavy atom. The molecule has 5 nitrogen and oxygen atoms in total. The second kappa shape index (κ2) is 8.85. The van der Waals surface area contributed by atoms with E-state index in [4.69, 9.17) is 4.74 Å². The largest absolute Gasteiger partial charge is 0.497 e. The Morgan fingerprint density at radius 3 is 2.58 bits per heavy atom. The Labute approximate surface area is 154 Å². The number of hydrogen-bond acceptors (Lipinski definition) is 5. The summed E-state index contributed by atoms with van der Waals surface area (Å²) < 4.78 is 5.28. The van der Waals surface area contributed by atoms with E-state index in [9.17, 15) is 0 Å². The number of benzene rings is 2. The number of nitrogens with one attached hydrogen (secondary N) is 2. The molecule has 0 fully saturated rings. The third-order valence-electron chi connectivity index (χ3n) is 3.96. The molecule has 0 aliphatic carbocycles. The summed E-state index contributed by atoms with van der Waals surface area (Å²) in [5.41, 5.74) is 2.82. The Kier molecular flexibility index (Phi) is 6.04. The fourth-order valence-electron chi connectivity index (χ4n) is 2.57. The maximum atomic E-state index is 5.28. The lowest BCUT2D eigenvalue weighted by Gasteiger charge is -2.12. The lowest BCUT2D eigenvalue weighted by molar-refractivity contribution is 0.415. The molecule has 26 heavy (non-hydrogen) atoms. The van der Waals surface area contributed by atoms with Crippen molar-refractivity contribution >= 4 is 17.5 Å². The number of ether oxygens (including phenoxy) is 1. The smallest absolute Gasteiger partial charge is 0.229 e. The number of unbranched alkanes of at least 4 members (excludes halogenated alkanes) is 1. The minimum absolute atomic E-state index is 0.554. The first-order chi connectivity index (χ1) is 12.8. The normalized spacial score (nSPS) is 10.4. The van der Waals surface area contributed by atoms with Gasteiger partial charge in [-0.1, -0.05) is 49.7 Å². The molecule has 0 saturated carbocycles. The average Bonchev–Trinajstić information content (AvgIpc) is 2.69. The van der Waals surface area contributed by atoms with Crippen LogP contribution >= 0.6 is 0 Å². The van der Waals surface area contributed by atoms with Gasteiger partial charge in [0, 0.05) is 29.9 Å². The zero-order chi connectivity index (χ0) is 18.2. The van der Waals surface area contributed by atoms with Crippen LogP contribution < -0.4 is 15.4 Å². The van der Waals surface area contributed by atoms with Crippen molar-refractivity contribution in [2.45, 2.75) is 19.8 Å². The van der Waals surface area contributed by atoms with Crippen molar-refractivity contribution in [1.82, 2.24) is 9.97 Å². The molecular weight excluding hydrogens is 324 g/mol. The molecule has 0 amide bonds. The second-order valence-corrected chi connectivity index (χ2v) is 5.97. The first-order valence-corrected chi connectivity index (χ1v) is 8.88. The van der Waals surface area contributed by atoms with Gasteiger partial charge >= 0.3 is 0 Å². The van der Waals surface area contributed by atoms with Gasteiger partial charge in [0.15, 0.2) is 0 Å². The van der Waals surface area contributed by atoms with E-state index in [1.165, 1.54) is 0 Å². The molecule has 5 heteroatoms. The third kappa shape index (κ3) is 4.72. The molecular formula is C21H24N4O. The van der Waals surface area contributed by atoms with E-state index in [0.29, 0.717) is 5.95 Å². The van der Waals surface area contributed by atoms with Gasteiger partial charge in [0.2, 0.25) is 5.95 Å². The predicted molar refractivity (Wildman–Crippen MR) is 107 cm³/mol. The summed E-state index contributed by atoms with van der Waals surface area (Å²) in [6, 6.07) is 19.8. The van der Waals surface area contributed by atoms with E-state index >= 15 is 0 Å². The minimum atomic E-state index is 0.554. The fraction of sp³-hybridized carbons (Fsp3) is 0.238. The molecule has 2 aromatic carbocycles. The third-order valence-corrected chi connectivity index (χ3v) is 3.96. The molecule has 0 unspecified atom stereocenters. The van der Waals surface area contributed by atoms with Crippen LogP contribution in [0.1, 0.15) is 19.8 Å². The molecule has 0 aliphatic heterocycles. The second-order valence-electron chi connectivity index (χ2n) is 5.97. The van der Waals surface area contributed by atoms with E-state index in [0.717, 1.165) is 47.9 Å². The van der Waals surface area contributed by atoms with Crippen LogP contribution in [-0.2, 0) is 0 Å². The summed E-state index contributed by atoms with van der Waals surface area (Å²) >= 11 is 0. The molecule has 1 aromatic heterocycles. The summed E-state index contributed by atoms with van der Waals surface area (Å²) in [6.07, 6.45) is 2.24. The number of nitrogens with zero attached hydrogens (tertiary/aromatic N) is 2. The van der Waals surface area contributed by atoms with Crippen molar-refractivity contribution in [3.8, 4) is 17.0 Å². The van der Waals surface area contributed by atoms with Gasteiger partial charge in [0.05, 0.1) is 12.8 Å². The molecule has 3 aromatic rings.